The zero-order valence-corrected chi connectivity index (χ0v) is 11.6. The summed E-state index contributed by atoms with van der Waals surface area (Å²) in [6.45, 7) is 1.28. The van der Waals surface area contributed by atoms with E-state index in [0.717, 1.165) is 5.56 Å². The number of hydrogen-bond donors (Lipinski definition) is 0. The van der Waals surface area contributed by atoms with Crippen molar-refractivity contribution in [1.29, 1.82) is 0 Å². The van der Waals surface area contributed by atoms with Crippen LogP contribution >= 0.6 is 0 Å². The van der Waals surface area contributed by atoms with Crippen molar-refractivity contribution in [2.75, 3.05) is 13.7 Å². The number of fused-ring (bicyclic) bond motifs is 1. The summed E-state index contributed by atoms with van der Waals surface area (Å²) in [7, 11) is 1.25. The van der Waals surface area contributed by atoms with E-state index in [-0.39, 0.29) is 18.1 Å². The van der Waals surface area contributed by atoms with Gasteiger partial charge in [0.1, 0.15) is 5.78 Å². The Labute approximate surface area is 117 Å². The smallest absolute Gasteiger partial charge is 0.410 e. The molecule has 20 heavy (non-hydrogen) atoms. The summed E-state index contributed by atoms with van der Waals surface area (Å²) in [5.74, 6) is -0.305. The fourth-order valence-corrected chi connectivity index (χ4v) is 2.54. The minimum atomic E-state index is -0.641. The van der Waals surface area contributed by atoms with Gasteiger partial charge in [0.15, 0.2) is 5.78 Å². The number of amides is 1. The molecule has 1 amide bonds. The first-order chi connectivity index (χ1) is 9.54. The molecular formula is C15H17NO4. The Kier molecular flexibility index (Phi) is 4.17. The molecule has 0 heterocycles. The molecule has 1 aliphatic rings. The zero-order chi connectivity index (χ0) is 14.7. The summed E-state index contributed by atoms with van der Waals surface area (Å²) in [5, 5.41) is 0. The molecule has 0 fully saturated rings. The summed E-state index contributed by atoms with van der Waals surface area (Å²) in [5.41, 5.74) is 1.61. The minimum absolute atomic E-state index is 0.106. The molecule has 0 bridgehead atoms. The van der Waals surface area contributed by atoms with Gasteiger partial charge in [-0.3, -0.25) is 14.5 Å². The standard InChI is InChI=1S/C15H17NO4/c1-10(17)9-16(15(19)20-2)13-8-7-11-5-3-4-6-12(11)14(13)18/h3-6,13H,7-9H2,1-2H3. The predicted octanol–water partition coefficient (Wildman–Crippen LogP) is 1.84. The van der Waals surface area contributed by atoms with Crippen LogP contribution in [0.1, 0.15) is 29.3 Å². The third-order valence-electron chi connectivity index (χ3n) is 3.45. The average Bonchev–Trinajstić information content (AvgIpc) is 2.45. The van der Waals surface area contributed by atoms with E-state index in [2.05, 4.69) is 4.74 Å². The van der Waals surface area contributed by atoms with Gasteiger partial charge in [0.25, 0.3) is 0 Å². The first-order valence-corrected chi connectivity index (χ1v) is 6.50. The molecule has 0 aliphatic heterocycles. The van der Waals surface area contributed by atoms with Gasteiger partial charge in [-0.25, -0.2) is 4.79 Å². The fourth-order valence-electron chi connectivity index (χ4n) is 2.54. The minimum Gasteiger partial charge on any atom is -0.453 e. The van der Waals surface area contributed by atoms with Crippen molar-refractivity contribution >= 4 is 17.7 Å². The second-order valence-electron chi connectivity index (χ2n) is 4.88. The number of ether oxygens (including phenoxy) is 1. The maximum atomic E-state index is 12.5. The quantitative estimate of drug-likeness (QED) is 0.844. The van der Waals surface area contributed by atoms with Crippen molar-refractivity contribution in [2.45, 2.75) is 25.8 Å². The first-order valence-electron chi connectivity index (χ1n) is 6.50. The number of benzene rings is 1. The molecule has 2 rings (SSSR count). The van der Waals surface area contributed by atoms with E-state index in [1.807, 2.05) is 12.1 Å². The summed E-state index contributed by atoms with van der Waals surface area (Å²) in [6, 6.07) is 6.73. The van der Waals surface area contributed by atoms with Crippen LogP contribution in [-0.2, 0) is 16.0 Å². The molecule has 1 aromatic rings. The lowest BCUT2D eigenvalue weighted by Gasteiger charge is -2.32. The van der Waals surface area contributed by atoms with E-state index in [1.54, 1.807) is 12.1 Å². The molecule has 5 heteroatoms. The highest BCUT2D eigenvalue weighted by Gasteiger charge is 2.35. The van der Waals surface area contributed by atoms with Gasteiger partial charge in [0.05, 0.1) is 19.7 Å². The lowest BCUT2D eigenvalue weighted by atomic mass is 9.86. The number of Topliss-reactive ketones (excluding diaryl/α,β-unsaturated/α-hetero) is 2. The Balaban J connectivity index is 2.29. The topological polar surface area (TPSA) is 63.7 Å². The fraction of sp³-hybridized carbons (Fsp3) is 0.400. The lowest BCUT2D eigenvalue weighted by molar-refractivity contribution is -0.118. The van der Waals surface area contributed by atoms with Gasteiger partial charge in [-0.15, -0.1) is 0 Å². The number of carbonyl (C=O) groups excluding carboxylic acids is 3. The monoisotopic (exact) mass is 275 g/mol. The Morgan fingerprint density at radius 3 is 2.70 bits per heavy atom. The van der Waals surface area contributed by atoms with Crippen LogP contribution in [0.15, 0.2) is 24.3 Å². The highest BCUT2D eigenvalue weighted by molar-refractivity contribution is 6.04. The van der Waals surface area contributed by atoms with Crippen LogP contribution in [0.3, 0.4) is 0 Å². The zero-order valence-electron chi connectivity index (χ0n) is 11.6. The maximum absolute atomic E-state index is 12.5. The van der Waals surface area contributed by atoms with Gasteiger partial charge in [-0.05, 0) is 25.3 Å². The van der Waals surface area contributed by atoms with E-state index < -0.39 is 12.1 Å². The highest BCUT2D eigenvalue weighted by atomic mass is 16.5. The molecule has 0 saturated carbocycles. The average molecular weight is 275 g/mol. The molecular weight excluding hydrogens is 258 g/mol. The van der Waals surface area contributed by atoms with Gasteiger partial charge in [0, 0.05) is 5.56 Å². The number of methoxy groups -OCH3 is 1. The number of rotatable bonds is 3. The van der Waals surface area contributed by atoms with Crippen LogP contribution in [0.5, 0.6) is 0 Å². The van der Waals surface area contributed by atoms with E-state index >= 15 is 0 Å². The van der Waals surface area contributed by atoms with Crippen LogP contribution in [0.4, 0.5) is 4.79 Å². The van der Waals surface area contributed by atoms with Gasteiger partial charge >= 0.3 is 6.09 Å². The third-order valence-corrected chi connectivity index (χ3v) is 3.45. The molecule has 0 spiro atoms. The second kappa shape index (κ2) is 5.86. The highest BCUT2D eigenvalue weighted by Crippen LogP contribution is 2.25. The van der Waals surface area contributed by atoms with Crippen molar-refractivity contribution in [3.63, 3.8) is 0 Å². The van der Waals surface area contributed by atoms with Gasteiger partial charge in [-0.1, -0.05) is 24.3 Å². The normalized spacial score (nSPS) is 17.3. The van der Waals surface area contributed by atoms with Crippen molar-refractivity contribution in [3.05, 3.63) is 35.4 Å². The van der Waals surface area contributed by atoms with Gasteiger partial charge in [0.2, 0.25) is 0 Å². The molecule has 0 saturated heterocycles. The Bertz CT molecular complexity index is 553. The van der Waals surface area contributed by atoms with E-state index in [9.17, 15) is 14.4 Å². The molecule has 1 atom stereocenters. The lowest BCUT2D eigenvalue weighted by Crippen LogP contribution is -2.49. The molecule has 0 aromatic heterocycles. The third kappa shape index (κ3) is 2.71. The molecule has 1 unspecified atom stereocenters. The molecule has 0 N–H and O–H groups in total. The maximum Gasteiger partial charge on any atom is 0.410 e. The summed E-state index contributed by atoms with van der Waals surface area (Å²) < 4.78 is 4.69. The predicted molar refractivity (Wildman–Crippen MR) is 72.7 cm³/mol. The van der Waals surface area contributed by atoms with E-state index in [0.29, 0.717) is 18.4 Å². The van der Waals surface area contributed by atoms with Crippen LogP contribution in [0, 0.1) is 0 Å². The molecule has 0 radical (unpaired) electrons. The van der Waals surface area contributed by atoms with Crippen LogP contribution in [-0.4, -0.2) is 42.3 Å². The second-order valence-corrected chi connectivity index (χ2v) is 4.88. The number of ketones is 2. The van der Waals surface area contributed by atoms with Crippen molar-refractivity contribution in [1.82, 2.24) is 4.90 Å². The van der Waals surface area contributed by atoms with Crippen LogP contribution in [0.25, 0.3) is 0 Å². The Morgan fingerprint density at radius 2 is 2.05 bits per heavy atom. The summed E-state index contributed by atoms with van der Waals surface area (Å²) in [4.78, 5) is 36.8. The number of aryl methyl sites for hydroxylation is 1. The largest absolute Gasteiger partial charge is 0.453 e. The van der Waals surface area contributed by atoms with Crippen LogP contribution < -0.4 is 0 Å². The van der Waals surface area contributed by atoms with Crippen molar-refractivity contribution in [3.8, 4) is 0 Å². The summed E-state index contributed by atoms with van der Waals surface area (Å²) in [6.07, 6.45) is 0.578. The molecule has 106 valence electrons. The van der Waals surface area contributed by atoms with E-state index in [4.69, 9.17) is 0 Å². The number of hydrogen-bond acceptors (Lipinski definition) is 4. The Hall–Kier alpha value is -2.17. The number of carbonyl (C=O) groups is 3. The van der Waals surface area contributed by atoms with Gasteiger partial charge in [-0.2, -0.15) is 0 Å². The number of nitrogens with zero attached hydrogens (tertiary/aromatic N) is 1. The summed E-state index contributed by atoms with van der Waals surface area (Å²) >= 11 is 0. The molecule has 5 nitrogen and oxygen atoms in total. The Morgan fingerprint density at radius 1 is 1.35 bits per heavy atom. The van der Waals surface area contributed by atoms with Crippen LogP contribution in [0.2, 0.25) is 0 Å². The van der Waals surface area contributed by atoms with Crippen molar-refractivity contribution < 1.29 is 19.1 Å². The molecule has 1 aromatic carbocycles. The van der Waals surface area contributed by atoms with E-state index in [1.165, 1.54) is 18.9 Å². The molecule has 1 aliphatic carbocycles. The van der Waals surface area contributed by atoms with Crippen molar-refractivity contribution in [2.24, 2.45) is 0 Å². The van der Waals surface area contributed by atoms with Gasteiger partial charge < -0.3 is 4.74 Å². The first kappa shape index (κ1) is 14.2. The SMILES string of the molecule is COC(=O)N(CC(C)=O)C1CCc2ccccc2C1=O.